The molecule has 1 aromatic heterocycles. The summed E-state index contributed by atoms with van der Waals surface area (Å²) in [4.78, 5) is 12.5. The van der Waals surface area contributed by atoms with E-state index in [0.29, 0.717) is 5.02 Å². The smallest absolute Gasteiger partial charge is 0.309 e. The Labute approximate surface area is 158 Å². The first kappa shape index (κ1) is 18.2. The van der Waals surface area contributed by atoms with Crippen molar-refractivity contribution in [3.8, 4) is 16.9 Å². The van der Waals surface area contributed by atoms with Crippen LogP contribution in [0, 0.1) is 0 Å². The Bertz CT molecular complexity index is 960. The molecule has 0 spiro atoms. The van der Waals surface area contributed by atoms with E-state index < -0.39 is 5.54 Å². The van der Waals surface area contributed by atoms with Gasteiger partial charge >= 0.3 is 5.56 Å². The van der Waals surface area contributed by atoms with Crippen LogP contribution in [0.5, 0.6) is 5.75 Å². The zero-order valence-corrected chi connectivity index (χ0v) is 15.8. The summed E-state index contributed by atoms with van der Waals surface area (Å²) in [5.74, 6) is 0.262. The zero-order chi connectivity index (χ0) is 18.7. The lowest BCUT2D eigenvalue weighted by Crippen LogP contribution is -2.36. The van der Waals surface area contributed by atoms with Crippen molar-refractivity contribution in [3.05, 3.63) is 81.7 Å². The molecule has 134 valence electrons. The molecule has 5 heteroatoms. The Morgan fingerprint density at radius 1 is 1.04 bits per heavy atom. The first-order valence-electron chi connectivity index (χ1n) is 8.42. The molecule has 0 amide bonds. The number of hydrogen-bond donors (Lipinski definition) is 0. The first-order chi connectivity index (χ1) is 12.4. The molecule has 3 rings (SSSR count). The molecule has 0 saturated heterocycles. The van der Waals surface area contributed by atoms with E-state index in [-0.39, 0.29) is 17.9 Å². The van der Waals surface area contributed by atoms with Crippen molar-refractivity contribution in [2.75, 3.05) is 0 Å². The summed E-state index contributed by atoms with van der Waals surface area (Å²) in [7, 11) is 0. The van der Waals surface area contributed by atoms with Crippen LogP contribution < -0.4 is 10.3 Å². The predicted octanol–water partition coefficient (Wildman–Crippen LogP) is 4.90. The van der Waals surface area contributed by atoms with E-state index in [2.05, 4.69) is 5.10 Å². The summed E-state index contributed by atoms with van der Waals surface area (Å²) in [5.41, 5.74) is 2.30. The van der Waals surface area contributed by atoms with Crippen LogP contribution in [0.1, 0.15) is 26.3 Å². The Morgan fingerprint density at radius 2 is 1.77 bits per heavy atom. The Morgan fingerprint density at radius 3 is 2.42 bits per heavy atom. The second-order valence-electron chi connectivity index (χ2n) is 7.04. The lowest BCUT2D eigenvalue weighted by atomic mass is 10.0. The fourth-order valence-electron chi connectivity index (χ4n) is 2.61. The number of ether oxygens (including phenoxy) is 1. The zero-order valence-electron chi connectivity index (χ0n) is 15.1. The van der Waals surface area contributed by atoms with E-state index >= 15 is 0 Å². The quantitative estimate of drug-likeness (QED) is 0.658. The van der Waals surface area contributed by atoms with Gasteiger partial charge in [0, 0.05) is 16.7 Å². The van der Waals surface area contributed by atoms with Crippen molar-refractivity contribution in [1.29, 1.82) is 0 Å². The van der Waals surface area contributed by atoms with Gasteiger partial charge in [0.05, 0.1) is 11.7 Å². The lowest BCUT2D eigenvalue weighted by Gasteiger charge is -2.20. The average Bonchev–Trinajstić information content (AvgIpc) is 2.61. The van der Waals surface area contributed by atoms with E-state index in [1.54, 1.807) is 12.3 Å². The van der Waals surface area contributed by atoms with Gasteiger partial charge in [-0.2, -0.15) is 5.10 Å². The molecule has 0 atom stereocenters. The third kappa shape index (κ3) is 3.97. The third-order valence-electron chi connectivity index (χ3n) is 3.99. The summed E-state index contributed by atoms with van der Waals surface area (Å²) >= 11 is 6.41. The summed E-state index contributed by atoms with van der Waals surface area (Å²) < 4.78 is 7.15. The van der Waals surface area contributed by atoms with Gasteiger partial charge in [-0.3, -0.25) is 4.79 Å². The number of halogens is 1. The number of nitrogens with zero attached hydrogens (tertiary/aromatic N) is 2. The Balaban J connectivity index is 1.80. The molecule has 0 unspecified atom stereocenters. The van der Waals surface area contributed by atoms with Crippen LogP contribution in [0.2, 0.25) is 5.02 Å². The monoisotopic (exact) mass is 368 g/mol. The van der Waals surface area contributed by atoms with Crippen LogP contribution in [0.3, 0.4) is 0 Å². The average molecular weight is 369 g/mol. The van der Waals surface area contributed by atoms with Crippen LogP contribution in [0.25, 0.3) is 11.1 Å². The van der Waals surface area contributed by atoms with Crippen LogP contribution in [0.4, 0.5) is 0 Å². The predicted molar refractivity (Wildman–Crippen MR) is 105 cm³/mol. The first-order valence-corrected chi connectivity index (χ1v) is 8.79. The number of hydrogen-bond acceptors (Lipinski definition) is 3. The van der Waals surface area contributed by atoms with Crippen molar-refractivity contribution in [2.45, 2.75) is 32.9 Å². The van der Waals surface area contributed by atoms with Crippen LogP contribution in [-0.4, -0.2) is 9.78 Å². The van der Waals surface area contributed by atoms with Gasteiger partial charge in [0.25, 0.3) is 0 Å². The molecule has 0 fully saturated rings. The summed E-state index contributed by atoms with van der Waals surface area (Å²) in [5, 5.41) is 4.73. The highest BCUT2D eigenvalue weighted by molar-refractivity contribution is 6.31. The van der Waals surface area contributed by atoms with Crippen LogP contribution >= 0.6 is 11.6 Å². The van der Waals surface area contributed by atoms with Gasteiger partial charge in [-0.25, -0.2) is 4.68 Å². The third-order valence-corrected chi connectivity index (χ3v) is 4.34. The molecule has 0 aliphatic heterocycles. The standard InChI is InChI=1S/C21H21ClN2O2/c1-21(2,3)24-20(25)19(11-12-23-24)26-14-17-10-9-16(13-18(17)22)15-7-5-4-6-8-15/h4-13H,14H2,1-3H3. The molecular weight excluding hydrogens is 348 g/mol. The minimum absolute atomic E-state index is 0.220. The van der Waals surface area contributed by atoms with Crippen molar-refractivity contribution >= 4 is 11.6 Å². The molecule has 4 nitrogen and oxygen atoms in total. The van der Waals surface area contributed by atoms with Crippen LogP contribution in [0.15, 0.2) is 65.6 Å². The second-order valence-corrected chi connectivity index (χ2v) is 7.45. The molecule has 0 aliphatic carbocycles. The fraction of sp³-hybridized carbons (Fsp3) is 0.238. The molecular formula is C21H21ClN2O2. The molecule has 0 aliphatic rings. The molecule has 3 aromatic rings. The maximum absolute atomic E-state index is 12.5. The van der Waals surface area contributed by atoms with Crippen molar-refractivity contribution < 1.29 is 4.74 Å². The van der Waals surface area contributed by atoms with Gasteiger partial charge in [-0.15, -0.1) is 0 Å². The second kappa shape index (κ2) is 7.34. The molecule has 0 N–H and O–H groups in total. The number of rotatable bonds is 4. The van der Waals surface area contributed by atoms with Crippen molar-refractivity contribution in [2.24, 2.45) is 0 Å². The van der Waals surface area contributed by atoms with Gasteiger partial charge in [0.2, 0.25) is 0 Å². The van der Waals surface area contributed by atoms with Crippen molar-refractivity contribution in [1.82, 2.24) is 9.78 Å². The largest absolute Gasteiger partial charge is 0.483 e. The van der Waals surface area contributed by atoms with Gasteiger partial charge < -0.3 is 4.74 Å². The molecule has 0 bridgehead atoms. The molecule has 2 aromatic carbocycles. The van der Waals surface area contributed by atoms with Crippen LogP contribution in [-0.2, 0) is 12.1 Å². The molecule has 0 saturated carbocycles. The topological polar surface area (TPSA) is 44.1 Å². The van der Waals surface area contributed by atoms with E-state index in [9.17, 15) is 4.79 Å². The number of aromatic nitrogens is 2. The summed E-state index contributed by atoms with van der Waals surface area (Å²) in [6.45, 7) is 5.98. The van der Waals surface area contributed by atoms with Crippen molar-refractivity contribution in [3.63, 3.8) is 0 Å². The molecule has 1 heterocycles. The van der Waals surface area contributed by atoms with Gasteiger partial charge in [0.15, 0.2) is 5.75 Å². The summed E-state index contributed by atoms with van der Waals surface area (Å²) in [6.07, 6.45) is 1.57. The van der Waals surface area contributed by atoms with Gasteiger partial charge in [-0.1, -0.05) is 54.1 Å². The maximum Gasteiger partial charge on any atom is 0.309 e. The Kier molecular flexibility index (Phi) is 5.14. The minimum atomic E-state index is -0.411. The lowest BCUT2D eigenvalue weighted by molar-refractivity contribution is 0.278. The van der Waals surface area contributed by atoms with Gasteiger partial charge in [0.1, 0.15) is 6.61 Å². The minimum Gasteiger partial charge on any atom is -0.483 e. The van der Waals surface area contributed by atoms with E-state index in [1.807, 2.05) is 69.3 Å². The molecule has 0 radical (unpaired) electrons. The van der Waals surface area contributed by atoms with E-state index in [0.717, 1.165) is 16.7 Å². The van der Waals surface area contributed by atoms with E-state index in [4.69, 9.17) is 16.3 Å². The maximum atomic E-state index is 12.5. The SMILES string of the molecule is CC(C)(C)n1nccc(OCc2ccc(-c3ccccc3)cc2Cl)c1=O. The Hall–Kier alpha value is -2.59. The van der Waals surface area contributed by atoms with Gasteiger partial charge in [-0.05, 0) is 38.0 Å². The highest BCUT2D eigenvalue weighted by Gasteiger charge is 2.18. The number of benzene rings is 2. The highest BCUT2D eigenvalue weighted by Crippen LogP contribution is 2.26. The fourth-order valence-corrected chi connectivity index (χ4v) is 2.85. The molecule has 26 heavy (non-hydrogen) atoms. The summed E-state index contributed by atoms with van der Waals surface area (Å²) in [6, 6.07) is 17.4. The normalized spacial score (nSPS) is 11.4. The van der Waals surface area contributed by atoms with E-state index in [1.165, 1.54) is 4.68 Å². The highest BCUT2D eigenvalue weighted by atomic mass is 35.5.